The van der Waals surface area contributed by atoms with Crippen molar-refractivity contribution >= 4 is 43.5 Å². The Bertz CT molecular complexity index is 3500. The summed E-state index contributed by atoms with van der Waals surface area (Å²) in [4.78, 5) is 10.5. The van der Waals surface area contributed by atoms with E-state index in [1.165, 1.54) is 49.5 Å². The van der Waals surface area contributed by atoms with Crippen molar-refractivity contribution in [3.8, 4) is 67.3 Å². The molecule has 0 saturated carbocycles. The highest BCUT2D eigenvalue weighted by Crippen LogP contribution is 2.53. The number of nitrogens with zero attached hydrogens (tertiary/aromatic N) is 2. The van der Waals surface area contributed by atoms with E-state index in [9.17, 15) is 0 Å². The van der Waals surface area contributed by atoms with Gasteiger partial charge in [0.25, 0.3) is 0 Å². The zero-order chi connectivity index (χ0) is 40.0. The SMILES string of the molecule is CC1(C)c2cc3ccccc3cc2-c2c(-c3cc(-c4ccc5cc(-c6ccc(-c7ccc8c(c7)oc7ccccc78)cc6)ccc5c4)nc(-c4ccccc4)n3)cccc21. The van der Waals surface area contributed by atoms with Crippen molar-refractivity contribution in [2.45, 2.75) is 19.3 Å². The maximum atomic E-state index is 6.18. The van der Waals surface area contributed by atoms with Crippen LogP contribution in [-0.2, 0) is 5.41 Å². The summed E-state index contributed by atoms with van der Waals surface area (Å²) in [5.74, 6) is 0.716. The topological polar surface area (TPSA) is 38.9 Å². The van der Waals surface area contributed by atoms with Crippen LogP contribution in [0, 0.1) is 0 Å². The molecule has 1 aliphatic rings. The van der Waals surface area contributed by atoms with E-state index in [2.05, 4.69) is 190 Å². The van der Waals surface area contributed by atoms with Gasteiger partial charge >= 0.3 is 0 Å². The molecule has 0 bridgehead atoms. The summed E-state index contributed by atoms with van der Waals surface area (Å²) < 4.78 is 6.18. The lowest BCUT2D eigenvalue weighted by atomic mass is 9.81. The molecule has 0 saturated heterocycles. The summed E-state index contributed by atoms with van der Waals surface area (Å²) in [5, 5.41) is 7.15. The molecule has 0 fully saturated rings. The van der Waals surface area contributed by atoms with Crippen LogP contribution >= 0.6 is 0 Å². The molecule has 2 heterocycles. The average Bonchev–Trinajstić information content (AvgIpc) is 3.79. The van der Waals surface area contributed by atoms with Gasteiger partial charge in [-0.3, -0.25) is 0 Å². The van der Waals surface area contributed by atoms with Crippen molar-refractivity contribution in [2.24, 2.45) is 0 Å². The summed E-state index contributed by atoms with van der Waals surface area (Å²) in [5.41, 5.74) is 16.6. The summed E-state index contributed by atoms with van der Waals surface area (Å²) >= 11 is 0. The highest BCUT2D eigenvalue weighted by atomic mass is 16.3. The Balaban J connectivity index is 0.915. The molecule has 0 spiro atoms. The number of hydrogen-bond acceptors (Lipinski definition) is 3. The minimum atomic E-state index is -0.146. The van der Waals surface area contributed by atoms with E-state index in [1.807, 2.05) is 18.2 Å². The maximum Gasteiger partial charge on any atom is 0.160 e. The molecule has 0 unspecified atom stereocenters. The largest absolute Gasteiger partial charge is 0.456 e. The van der Waals surface area contributed by atoms with Crippen molar-refractivity contribution in [3.05, 3.63) is 205 Å². The van der Waals surface area contributed by atoms with Crippen LogP contribution in [0.2, 0.25) is 0 Å². The first-order valence-electron chi connectivity index (χ1n) is 20.6. The van der Waals surface area contributed by atoms with Crippen LogP contribution in [0.1, 0.15) is 25.0 Å². The molecule has 0 radical (unpaired) electrons. The van der Waals surface area contributed by atoms with Gasteiger partial charge in [0.05, 0.1) is 11.4 Å². The van der Waals surface area contributed by atoms with Crippen molar-refractivity contribution < 1.29 is 4.42 Å². The smallest absolute Gasteiger partial charge is 0.160 e. The Morgan fingerprint density at radius 3 is 1.77 bits per heavy atom. The van der Waals surface area contributed by atoms with Gasteiger partial charge in [0.2, 0.25) is 0 Å². The predicted octanol–water partition coefficient (Wildman–Crippen LogP) is 15.3. The first kappa shape index (κ1) is 34.4. The second kappa shape index (κ2) is 13.2. The molecule has 11 aromatic rings. The third-order valence-electron chi connectivity index (χ3n) is 12.7. The first-order valence-corrected chi connectivity index (χ1v) is 20.6. The summed E-state index contributed by atoms with van der Waals surface area (Å²) in [7, 11) is 0. The van der Waals surface area contributed by atoms with Gasteiger partial charge in [0.1, 0.15) is 11.2 Å². The lowest BCUT2D eigenvalue weighted by Gasteiger charge is -2.22. The molecule has 9 aromatic carbocycles. The molecular weight excluding hydrogens is 729 g/mol. The van der Waals surface area contributed by atoms with Crippen molar-refractivity contribution in [1.29, 1.82) is 0 Å². The highest BCUT2D eigenvalue weighted by Gasteiger charge is 2.37. The van der Waals surface area contributed by atoms with Gasteiger partial charge in [-0.25, -0.2) is 9.97 Å². The van der Waals surface area contributed by atoms with Crippen LogP contribution in [0.5, 0.6) is 0 Å². The Morgan fingerprint density at radius 2 is 0.967 bits per heavy atom. The Morgan fingerprint density at radius 1 is 0.367 bits per heavy atom. The Labute approximate surface area is 348 Å². The van der Waals surface area contributed by atoms with Gasteiger partial charge in [0.15, 0.2) is 5.82 Å². The molecule has 282 valence electrons. The molecule has 0 atom stereocenters. The number of furan rings is 1. The van der Waals surface area contributed by atoms with E-state index in [4.69, 9.17) is 14.4 Å². The third kappa shape index (κ3) is 5.51. The minimum absolute atomic E-state index is 0.146. The minimum Gasteiger partial charge on any atom is -0.456 e. The highest BCUT2D eigenvalue weighted by molar-refractivity contribution is 6.06. The van der Waals surface area contributed by atoms with Gasteiger partial charge in [-0.1, -0.05) is 159 Å². The van der Waals surface area contributed by atoms with Crippen LogP contribution < -0.4 is 0 Å². The first-order chi connectivity index (χ1) is 29.4. The quantitative estimate of drug-likeness (QED) is 0.175. The van der Waals surface area contributed by atoms with E-state index >= 15 is 0 Å². The van der Waals surface area contributed by atoms with Crippen LogP contribution in [-0.4, -0.2) is 9.97 Å². The molecule has 3 heteroatoms. The Kier molecular flexibility index (Phi) is 7.58. The monoisotopic (exact) mass is 766 g/mol. The van der Waals surface area contributed by atoms with E-state index in [1.54, 1.807) is 0 Å². The van der Waals surface area contributed by atoms with Crippen LogP contribution in [0.3, 0.4) is 0 Å². The fourth-order valence-corrected chi connectivity index (χ4v) is 9.48. The molecule has 60 heavy (non-hydrogen) atoms. The van der Waals surface area contributed by atoms with Crippen molar-refractivity contribution in [2.75, 3.05) is 0 Å². The Hall–Kier alpha value is -7.62. The van der Waals surface area contributed by atoms with Gasteiger partial charge in [0, 0.05) is 32.9 Å². The normalized spacial score (nSPS) is 13.0. The summed E-state index contributed by atoms with van der Waals surface area (Å²) in [6, 6.07) is 69.6. The molecular formula is C57H38N2O. The summed E-state index contributed by atoms with van der Waals surface area (Å²) in [6.45, 7) is 4.69. The standard InChI is InChI=1S/C57H38N2O/c1-57(2)49-17-10-16-47(55(49)48-31-38-13-6-7-14-39(38)32-50(48)57)52-34-51(58-56(59-52)37-11-4-3-5-12-37)44-26-25-41-29-40(23-24-42(41)30-44)35-19-21-36(22-20-35)43-27-28-46-45-15-8-9-18-53(45)60-54(46)33-43/h3-34H,1-2H3. The van der Waals surface area contributed by atoms with Crippen LogP contribution in [0.25, 0.3) is 111 Å². The fraction of sp³-hybridized carbons (Fsp3) is 0.0526. The number of para-hydroxylation sites is 1. The average molecular weight is 767 g/mol. The number of benzene rings is 9. The summed E-state index contributed by atoms with van der Waals surface area (Å²) in [6.07, 6.45) is 0. The van der Waals surface area contributed by atoms with Crippen molar-refractivity contribution in [1.82, 2.24) is 9.97 Å². The predicted molar refractivity (Wildman–Crippen MR) is 249 cm³/mol. The maximum absolute atomic E-state index is 6.18. The van der Waals surface area contributed by atoms with E-state index in [0.717, 1.165) is 66.5 Å². The molecule has 3 nitrogen and oxygen atoms in total. The molecule has 0 amide bonds. The molecule has 2 aromatic heterocycles. The third-order valence-corrected chi connectivity index (χ3v) is 12.7. The second-order valence-electron chi connectivity index (χ2n) is 16.6. The molecule has 12 rings (SSSR count). The molecule has 0 aliphatic heterocycles. The number of hydrogen-bond donors (Lipinski definition) is 0. The van der Waals surface area contributed by atoms with E-state index in [0.29, 0.717) is 5.82 Å². The fourth-order valence-electron chi connectivity index (χ4n) is 9.48. The van der Waals surface area contributed by atoms with Gasteiger partial charge in [-0.15, -0.1) is 0 Å². The number of aromatic nitrogens is 2. The second-order valence-corrected chi connectivity index (χ2v) is 16.6. The molecule has 0 N–H and O–H groups in total. The zero-order valence-electron chi connectivity index (χ0n) is 33.3. The van der Waals surface area contributed by atoms with Crippen LogP contribution in [0.15, 0.2) is 199 Å². The van der Waals surface area contributed by atoms with Crippen LogP contribution in [0.4, 0.5) is 0 Å². The van der Waals surface area contributed by atoms with E-state index in [-0.39, 0.29) is 5.41 Å². The molecule has 1 aliphatic carbocycles. The number of rotatable bonds is 5. The van der Waals surface area contributed by atoms with Gasteiger partial charge in [-0.2, -0.15) is 0 Å². The van der Waals surface area contributed by atoms with E-state index < -0.39 is 0 Å². The lowest BCUT2D eigenvalue weighted by molar-refractivity contribution is 0.661. The van der Waals surface area contributed by atoms with Gasteiger partial charge < -0.3 is 4.42 Å². The number of fused-ring (bicyclic) bond motifs is 8. The zero-order valence-corrected chi connectivity index (χ0v) is 33.3. The lowest BCUT2D eigenvalue weighted by Crippen LogP contribution is -2.14. The van der Waals surface area contributed by atoms with Crippen molar-refractivity contribution in [3.63, 3.8) is 0 Å². The van der Waals surface area contributed by atoms with Gasteiger partial charge in [-0.05, 0) is 115 Å².